The van der Waals surface area contributed by atoms with E-state index in [0.717, 1.165) is 31.6 Å². The smallest absolute Gasteiger partial charge is 0.276 e. The van der Waals surface area contributed by atoms with Crippen molar-refractivity contribution < 1.29 is 4.79 Å². The zero-order valence-electron chi connectivity index (χ0n) is 13.5. The summed E-state index contributed by atoms with van der Waals surface area (Å²) in [5.41, 5.74) is 1.58. The SMILES string of the molecule is CNCC1CCCN(C(=O)c2cn(Cc3ccccc3)nn2)C1. The van der Waals surface area contributed by atoms with Gasteiger partial charge in [-0.15, -0.1) is 5.10 Å². The van der Waals surface area contributed by atoms with Crippen LogP contribution in [0.25, 0.3) is 0 Å². The van der Waals surface area contributed by atoms with Crippen LogP contribution in [0.15, 0.2) is 36.5 Å². The average molecular weight is 313 g/mol. The third-order valence-electron chi connectivity index (χ3n) is 4.24. The van der Waals surface area contributed by atoms with Crippen molar-refractivity contribution in [1.29, 1.82) is 0 Å². The fourth-order valence-electron chi connectivity index (χ4n) is 3.11. The lowest BCUT2D eigenvalue weighted by molar-refractivity contribution is 0.0668. The Morgan fingerprint density at radius 2 is 2.17 bits per heavy atom. The molecule has 0 aliphatic carbocycles. The van der Waals surface area contributed by atoms with E-state index in [9.17, 15) is 4.79 Å². The molecule has 6 nitrogen and oxygen atoms in total. The molecule has 1 aromatic carbocycles. The Morgan fingerprint density at radius 3 is 2.96 bits per heavy atom. The number of hydrogen-bond donors (Lipinski definition) is 1. The van der Waals surface area contributed by atoms with Gasteiger partial charge in [-0.05, 0) is 37.9 Å². The summed E-state index contributed by atoms with van der Waals surface area (Å²) in [5.74, 6) is 0.516. The summed E-state index contributed by atoms with van der Waals surface area (Å²) in [4.78, 5) is 14.5. The topological polar surface area (TPSA) is 63.1 Å². The van der Waals surface area contributed by atoms with Crippen LogP contribution in [-0.4, -0.2) is 52.5 Å². The molecule has 122 valence electrons. The number of nitrogens with zero attached hydrogens (tertiary/aromatic N) is 4. The summed E-state index contributed by atoms with van der Waals surface area (Å²) < 4.78 is 1.72. The third-order valence-corrected chi connectivity index (χ3v) is 4.24. The average Bonchev–Trinajstić information content (AvgIpc) is 3.04. The van der Waals surface area contributed by atoms with E-state index in [1.165, 1.54) is 6.42 Å². The van der Waals surface area contributed by atoms with Crippen LogP contribution >= 0.6 is 0 Å². The van der Waals surface area contributed by atoms with Gasteiger partial charge >= 0.3 is 0 Å². The minimum absolute atomic E-state index is 0.00915. The van der Waals surface area contributed by atoms with Crippen LogP contribution in [0.3, 0.4) is 0 Å². The molecule has 1 aliphatic rings. The molecule has 6 heteroatoms. The van der Waals surface area contributed by atoms with E-state index in [-0.39, 0.29) is 5.91 Å². The number of likely N-dealkylation sites (tertiary alicyclic amines) is 1. The second-order valence-electron chi connectivity index (χ2n) is 6.10. The lowest BCUT2D eigenvalue weighted by Gasteiger charge is -2.32. The third kappa shape index (κ3) is 3.96. The predicted molar refractivity (Wildman–Crippen MR) is 88.1 cm³/mol. The monoisotopic (exact) mass is 313 g/mol. The van der Waals surface area contributed by atoms with Crippen molar-refractivity contribution in [3.63, 3.8) is 0 Å². The number of amides is 1. The molecule has 3 rings (SSSR count). The van der Waals surface area contributed by atoms with E-state index in [1.807, 2.05) is 42.3 Å². The lowest BCUT2D eigenvalue weighted by atomic mass is 9.98. The van der Waals surface area contributed by atoms with Crippen molar-refractivity contribution in [2.45, 2.75) is 19.4 Å². The van der Waals surface area contributed by atoms with Crippen LogP contribution in [0.1, 0.15) is 28.9 Å². The molecule has 0 bridgehead atoms. The van der Waals surface area contributed by atoms with Gasteiger partial charge in [0, 0.05) is 13.1 Å². The molecule has 1 saturated heterocycles. The number of nitrogens with one attached hydrogen (secondary N) is 1. The second-order valence-corrected chi connectivity index (χ2v) is 6.10. The first kappa shape index (κ1) is 15.7. The van der Waals surface area contributed by atoms with Crippen molar-refractivity contribution in [2.24, 2.45) is 5.92 Å². The molecule has 0 radical (unpaired) electrons. The second kappa shape index (κ2) is 7.37. The van der Waals surface area contributed by atoms with Gasteiger partial charge in [-0.2, -0.15) is 0 Å². The first-order chi connectivity index (χ1) is 11.3. The summed E-state index contributed by atoms with van der Waals surface area (Å²) in [5, 5.41) is 11.4. The van der Waals surface area contributed by atoms with Gasteiger partial charge in [-0.1, -0.05) is 35.5 Å². The highest BCUT2D eigenvalue weighted by molar-refractivity contribution is 5.92. The van der Waals surface area contributed by atoms with Crippen molar-refractivity contribution >= 4 is 5.91 Å². The Hall–Kier alpha value is -2.21. The predicted octanol–water partition coefficient (Wildman–Crippen LogP) is 1.40. The molecule has 0 spiro atoms. The molecule has 1 atom stereocenters. The summed E-state index contributed by atoms with van der Waals surface area (Å²) in [6, 6.07) is 10.0. The molecule has 1 aromatic heterocycles. The minimum Gasteiger partial charge on any atom is -0.337 e. The van der Waals surface area contributed by atoms with Gasteiger partial charge in [0.25, 0.3) is 5.91 Å². The number of carbonyl (C=O) groups excluding carboxylic acids is 1. The highest BCUT2D eigenvalue weighted by atomic mass is 16.2. The Kier molecular flexibility index (Phi) is 5.02. The molecular weight excluding hydrogens is 290 g/mol. The van der Waals surface area contributed by atoms with E-state index in [2.05, 4.69) is 15.6 Å². The van der Waals surface area contributed by atoms with Crippen molar-refractivity contribution in [1.82, 2.24) is 25.2 Å². The maximum absolute atomic E-state index is 12.6. The number of rotatable bonds is 5. The van der Waals surface area contributed by atoms with Crippen molar-refractivity contribution in [3.05, 3.63) is 47.8 Å². The molecule has 1 unspecified atom stereocenters. The van der Waals surface area contributed by atoms with E-state index < -0.39 is 0 Å². The maximum atomic E-state index is 12.6. The Morgan fingerprint density at radius 1 is 1.35 bits per heavy atom. The summed E-state index contributed by atoms with van der Waals surface area (Å²) in [7, 11) is 1.95. The van der Waals surface area contributed by atoms with Gasteiger partial charge in [-0.25, -0.2) is 4.68 Å². The fourth-order valence-corrected chi connectivity index (χ4v) is 3.11. The standard InChI is InChI=1S/C17H23N5O/c1-18-10-15-8-5-9-21(11-15)17(23)16-13-22(20-19-16)12-14-6-3-2-4-7-14/h2-4,6-7,13,15,18H,5,8-12H2,1H3. The highest BCUT2D eigenvalue weighted by Gasteiger charge is 2.25. The van der Waals surface area contributed by atoms with Gasteiger partial charge in [0.15, 0.2) is 5.69 Å². The fraction of sp³-hybridized carbons (Fsp3) is 0.471. The number of piperidine rings is 1. The Balaban J connectivity index is 1.64. The van der Waals surface area contributed by atoms with Crippen LogP contribution in [0, 0.1) is 5.92 Å². The van der Waals surface area contributed by atoms with Gasteiger partial charge < -0.3 is 10.2 Å². The van der Waals surface area contributed by atoms with Crippen molar-refractivity contribution in [3.8, 4) is 0 Å². The molecule has 1 amide bonds. The minimum atomic E-state index is -0.00915. The van der Waals surface area contributed by atoms with Gasteiger partial charge in [0.1, 0.15) is 0 Å². The molecule has 0 saturated carbocycles. The quantitative estimate of drug-likeness (QED) is 0.906. The van der Waals surface area contributed by atoms with Crippen LogP contribution in [-0.2, 0) is 6.54 Å². The Bertz CT molecular complexity index is 637. The maximum Gasteiger partial charge on any atom is 0.276 e. The molecule has 2 aromatic rings. The van der Waals surface area contributed by atoms with E-state index in [0.29, 0.717) is 18.2 Å². The molecule has 1 aliphatic heterocycles. The highest BCUT2D eigenvalue weighted by Crippen LogP contribution is 2.17. The van der Waals surface area contributed by atoms with E-state index in [1.54, 1.807) is 10.9 Å². The lowest BCUT2D eigenvalue weighted by Crippen LogP contribution is -2.42. The number of benzene rings is 1. The van der Waals surface area contributed by atoms with Gasteiger partial charge in [0.05, 0.1) is 12.7 Å². The Labute approximate surface area is 136 Å². The van der Waals surface area contributed by atoms with Gasteiger partial charge in [0.2, 0.25) is 0 Å². The van der Waals surface area contributed by atoms with Crippen LogP contribution < -0.4 is 5.32 Å². The van der Waals surface area contributed by atoms with Crippen molar-refractivity contribution in [2.75, 3.05) is 26.7 Å². The normalized spacial score (nSPS) is 18.1. The number of aromatic nitrogens is 3. The van der Waals surface area contributed by atoms with Crippen LogP contribution in [0.5, 0.6) is 0 Å². The summed E-state index contributed by atoms with van der Waals surface area (Å²) in [6.45, 7) is 3.18. The molecule has 1 N–H and O–H groups in total. The summed E-state index contributed by atoms with van der Waals surface area (Å²) >= 11 is 0. The summed E-state index contributed by atoms with van der Waals surface area (Å²) in [6.07, 6.45) is 3.97. The first-order valence-corrected chi connectivity index (χ1v) is 8.14. The zero-order chi connectivity index (χ0) is 16.1. The van der Waals surface area contributed by atoms with Crippen LogP contribution in [0.2, 0.25) is 0 Å². The molecule has 2 heterocycles. The first-order valence-electron chi connectivity index (χ1n) is 8.14. The molecule has 1 fully saturated rings. The zero-order valence-corrected chi connectivity index (χ0v) is 13.5. The van der Waals surface area contributed by atoms with Crippen LogP contribution in [0.4, 0.5) is 0 Å². The van der Waals surface area contributed by atoms with Gasteiger partial charge in [-0.3, -0.25) is 4.79 Å². The number of carbonyl (C=O) groups is 1. The number of hydrogen-bond acceptors (Lipinski definition) is 4. The van der Waals surface area contributed by atoms with E-state index >= 15 is 0 Å². The molecule has 23 heavy (non-hydrogen) atoms. The molecular formula is C17H23N5O. The van der Waals surface area contributed by atoms with E-state index in [4.69, 9.17) is 0 Å². The largest absolute Gasteiger partial charge is 0.337 e.